The van der Waals surface area contributed by atoms with Crippen LogP contribution in [-0.2, 0) is 16.3 Å². The second kappa shape index (κ2) is 7.35. The Morgan fingerprint density at radius 2 is 2.00 bits per heavy atom. The Hall–Kier alpha value is -2.22. The number of sulfone groups is 1. The second-order valence-corrected chi connectivity index (χ2v) is 8.39. The highest BCUT2D eigenvalue weighted by molar-refractivity contribution is 7.91. The first-order chi connectivity index (χ1) is 12.0. The summed E-state index contributed by atoms with van der Waals surface area (Å²) in [4.78, 5) is 6.44. The highest BCUT2D eigenvalue weighted by atomic mass is 32.2. The molecule has 134 valence electrons. The largest absolute Gasteiger partial charge is 0.339 e. The van der Waals surface area contributed by atoms with Crippen molar-refractivity contribution in [1.29, 1.82) is 0 Å². The third-order valence-corrected chi connectivity index (χ3v) is 6.18. The third kappa shape index (κ3) is 4.25. The fourth-order valence-electron chi connectivity index (χ4n) is 3.03. The lowest BCUT2D eigenvalue weighted by Gasteiger charge is -2.26. The van der Waals surface area contributed by atoms with Crippen LogP contribution in [0.3, 0.4) is 0 Å². The van der Waals surface area contributed by atoms with Gasteiger partial charge in [-0.1, -0.05) is 19.1 Å². The molecule has 2 aromatic rings. The summed E-state index contributed by atoms with van der Waals surface area (Å²) in [5.74, 6) is 1.43. The first-order valence-corrected chi connectivity index (χ1v) is 10.4. The molecule has 2 heterocycles. The first kappa shape index (κ1) is 17.6. The molecule has 1 unspecified atom stereocenters. The zero-order valence-electron chi connectivity index (χ0n) is 14.5. The number of aryl methyl sites for hydroxylation is 1. The standard InChI is InChI=1S/C17H23N5O2S/c1-3-13-5-7-14(8-6-13)19-16-11-18-21-17(20-16)22(4-2)15-9-10-25(23,24)12-15/h5-8,11,15H,3-4,9-10,12H2,1-2H3,(H,19,20,21). The highest BCUT2D eigenvalue weighted by Crippen LogP contribution is 2.22. The third-order valence-electron chi connectivity index (χ3n) is 4.43. The minimum atomic E-state index is -2.96. The van der Waals surface area contributed by atoms with Crippen molar-refractivity contribution in [2.45, 2.75) is 32.7 Å². The summed E-state index contributed by atoms with van der Waals surface area (Å²) in [6.45, 7) is 4.72. The molecule has 0 saturated carbocycles. The Morgan fingerprint density at radius 3 is 2.60 bits per heavy atom. The molecule has 1 saturated heterocycles. The molecule has 3 rings (SSSR count). The van der Waals surface area contributed by atoms with E-state index in [1.807, 2.05) is 24.0 Å². The molecular formula is C17H23N5O2S. The Balaban J connectivity index is 1.77. The molecule has 1 aliphatic rings. The van der Waals surface area contributed by atoms with E-state index < -0.39 is 9.84 Å². The molecule has 1 atom stereocenters. The van der Waals surface area contributed by atoms with E-state index in [1.54, 1.807) is 6.20 Å². The fraction of sp³-hybridized carbons (Fsp3) is 0.471. The molecule has 1 aliphatic heterocycles. The molecule has 1 N–H and O–H groups in total. The number of aromatic nitrogens is 3. The van der Waals surface area contributed by atoms with Crippen molar-refractivity contribution in [1.82, 2.24) is 15.2 Å². The zero-order chi connectivity index (χ0) is 17.9. The molecule has 0 radical (unpaired) electrons. The Bertz CT molecular complexity index is 823. The number of benzene rings is 1. The molecule has 25 heavy (non-hydrogen) atoms. The van der Waals surface area contributed by atoms with Crippen LogP contribution in [0, 0.1) is 0 Å². The summed E-state index contributed by atoms with van der Waals surface area (Å²) in [6.07, 6.45) is 3.17. The van der Waals surface area contributed by atoms with Gasteiger partial charge in [0.1, 0.15) is 0 Å². The number of hydrogen-bond acceptors (Lipinski definition) is 7. The van der Waals surface area contributed by atoms with Crippen molar-refractivity contribution < 1.29 is 8.42 Å². The van der Waals surface area contributed by atoms with E-state index >= 15 is 0 Å². The summed E-state index contributed by atoms with van der Waals surface area (Å²) >= 11 is 0. The second-order valence-electron chi connectivity index (χ2n) is 6.16. The van der Waals surface area contributed by atoms with Crippen molar-refractivity contribution in [2.24, 2.45) is 0 Å². The monoisotopic (exact) mass is 361 g/mol. The van der Waals surface area contributed by atoms with Crippen molar-refractivity contribution in [3.63, 3.8) is 0 Å². The molecule has 0 aliphatic carbocycles. The number of hydrogen-bond donors (Lipinski definition) is 1. The summed E-state index contributed by atoms with van der Waals surface area (Å²) in [5.41, 5.74) is 2.20. The van der Waals surface area contributed by atoms with Crippen LogP contribution in [0.25, 0.3) is 0 Å². The summed E-state index contributed by atoms with van der Waals surface area (Å²) < 4.78 is 23.5. The van der Waals surface area contributed by atoms with Crippen LogP contribution in [0.15, 0.2) is 30.5 Å². The van der Waals surface area contributed by atoms with Gasteiger partial charge in [0, 0.05) is 18.3 Å². The van der Waals surface area contributed by atoms with E-state index in [1.165, 1.54) is 5.56 Å². The van der Waals surface area contributed by atoms with E-state index in [2.05, 4.69) is 39.6 Å². The van der Waals surface area contributed by atoms with Gasteiger partial charge in [0.2, 0.25) is 5.95 Å². The smallest absolute Gasteiger partial charge is 0.247 e. The summed E-state index contributed by atoms with van der Waals surface area (Å²) in [6, 6.07) is 8.05. The molecule has 1 aromatic heterocycles. The minimum absolute atomic E-state index is 0.0871. The average molecular weight is 361 g/mol. The van der Waals surface area contributed by atoms with E-state index in [-0.39, 0.29) is 17.5 Å². The summed E-state index contributed by atoms with van der Waals surface area (Å²) in [5, 5.41) is 11.3. The van der Waals surface area contributed by atoms with Gasteiger partial charge in [0.15, 0.2) is 15.7 Å². The maximum Gasteiger partial charge on any atom is 0.247 e. The van der Waals surface area contributed by atoms with E-state index in [9.17, 15) is 8.42 Å². The average Bonchev–Trinajstić information content (AvgIpc) is 2.96. The number of nitrogens with one attached hydrogen (secondary N) is 1. The van der Waals surface area contributed by atoms with Crippen molar-refractivity contribution >= 4 is 27.3 Å². The van der Waals surface area contributed by atoms with E-state index in [0.717, 1.165) is 12.1 Å². The minimum Gasteiger partial charge on any atom is -0.339 e. The van der Waals surface area contributed by atoms with Crippen LogP contribution in [0.5, 0.6) is 0 Å². The molecule has 0 spiro atoms. The van der Waals surface area contributed by atoms with Crippen molar-refractivity contribution in [3.05, 3.63) is 36.0 Å². The quantitative estimate of drug-likeness (QED) is 0.844. The normalized spacial score (nSPS) is 18.9. The zero-order valence-corrected chi connectivity index (χ0v) is 15.3. The van der Waals surface area contributed by atoms with E-state index in [4.69, 9.17) is 0 Å². The summed E-state index contributed by atoms with van der Waals surface area (Å²) in [7, 11) is -2.96. The molecule has 8 heteroatoms. The van der Waals surface area contributed by atoms with Crippen LogP contribution in [0.1, 0.15) is 25.8 Å². The van der Waals surface area contributed by atoms with Crippen LogP contribution < -0.4 is 10.2 Å². The molecule has 1 aromatic carbocycles. The molecule has 0 bridgehead atoms. The van der Waals surface area contributed by atoms with Crippen LogP contribution in [0.4, 0.5) is 17.5 Å². The van der Waals surface area contributed by atoms with Crippen LogP contribution >= 0.6 is 0 Å². The lowest BCUT2D eigenvalue weighted by molar-refractivity contribution is 0.598. The lowest BCUT2D eigenvalue weighted by Crippen LogP contribution is -2.37. The van der Waals surface area contributed by atoms with Crippen LogP contribution in [0.2, 0.25) is 0 Å². The van der Waals surface area contributed by atoms with Gasteiger partial charge in [0.05, 0.1) is 17.7 Å². The van der Waals surface area contributed by atoms with Crippen molar-refractivity contribution in [2.75, 3.05) is 28.3 Å². The topological polar surface area (TPSA) is 88.1 Å². The fourth-order valence-corrected chi connectivity index (χ4v) is 4.76. The molecule has 1 fully saturated rings. The number of nitrogens with zero attached hydrogens (tertiary/aromatic N) is 4. The van der Waals surface area contributed by atoms with Crippen molar-refractivity contribution in [3.8, 4) is 0 Å². The van der Waals surface area contributed by atoms with Gasteiger partial charge in [-0.15, -0.1) is 5.10 Å². The number of rotatable bonds is 6. The molecule has 7 nitrogen and oxygen atoms in total. The van der Waals surface area contributed by atoms with Gasteiger partial charge in [-0.25, -0.2) is 8.42 Å². The van der Waals surface area contributed by atoms with Gasteiger partial charge in [-0.2, -0.15) is 10.1 Å². The van der Waals surface area contributed by atoms with Gasteiger partial charge in [-0.05, 0) is 37.5 Å². The van der Waals surface area contributed by atoms with E-state index in [0.29, 0.717) is 24.7 Å². The number of anilines is 3. The Morgan fingerprint density at radius 1 is 1.24 bits per heavy atom. The van der Waals surface area contributed by atoms with Gasteiger partial charge < -0.3 is 10.2 Å². The van der Waals surface area contributed by atoms with Gasteiger partial charge in [-0.3, -0.25) is 0 Å². The lowest BCUT2D eigenvalue weighted by atomic mass is 10.1. The maximum absolute atomic E-state index is 11.8. The highest BCUT2D eigenvalue weighted by Gasteiger charge is 2.33. The van der Waals surface area contributed by atoms with Gasteiger partial charge in [0.25, 0.3) is 0 Å². The maximum atomic E-state index is 11.8. The Labute approximate surface area is 148 Å². The van der Waals surface area contributed by atoms with Gasteiger partial charge >= 0.3 is 0 Å². The van der Waals surface area contributed by atoms with Crippen LogP contribution in [-0.4, -0.2) is 47.7 Å². The first-order valence-electron chi connectivity index (χ1n) is 8.53. The molecule has 0 amide bonds. The predicted octanol–water partition coefficient (Wildman–Crippen LogP) is 2.19. The molecular weight excluding hydrogens is 338 g/mol. The predicted molar refractivity (Wildman–Crippen MR) is 99.0 cm³/mol. The SMILES string of the molecule is CCc1ccc(Nc2cnnc(N(CC)C3CCS(=O)(=O)C3)n2)cc1. The Kier molecular flexibility index (Phi) is 5.17.